The lowest BCUT2D eigenvalue weighted by atomic mass is 10.0. The van der Waals surface area contributed by atoms with E-state index in [1.807, 2.05) is 0 Å². The van der Waals surface area contributed by atoms with Gasteiger partial charge in [0.25, 0.3) is 5.56 Å². The molecule has 1 fully saturated rings. The van der Waals surface area contributed by atoms with E-state index in [1.54, 1.807) is 13.8 Å². The van der Waals surface area contributed by atoms with Crippen LogP contribution in [0.3, 0.4) is 0 Å². The van der Waals surface area contributed by atoms with Crippen molar-refractivity contribution >= 4 is 5.91 Å². The van der Waals surface area contributed by atoms with Crippen molar-refractivity contribution < 1.29 is 18.0 Å². The van der Waals surface area contributed by atoms with Gasteiger partial charge in [-0.1, -0.05) is 0 Å². The summed E-state index contributed by atoms with van der Waals surface area (Å²) in [5.41, 5.74) is -3.43. The van der Waals surface area contributed by atoms with Crippen molar-refractivity contribution in [1.29, 1.82) is 0 Å². The molecular formula is C15H20F3N3O3. The van der Waals surface area contributed by atoms with Crippen LogP contribution < -0.4 is 16.6 Å². The lowest BCUT2D eigenvalue weighted by Gasteiger charge is -2.19. The van der Waals surface area contributed by atoms with E-state index < -0.39 is 29.0 Å². The van der Waals surface area contributed by atoms with Gasteiger partial charge in [0.2, 0.25) is 5.91 Å². The second-order valence-electron chi connectivity index (χ2n) is 6.28. The van der Waals surface area contributed by atoms with Crippen LogP contribution in [-0.4, -0.2) is 21.6 Å². The van der Waals surface area contributed by atoms with Gasteiger partial charge >= 0.3 is 11.9 Å². The highest BCUT2D eigenvalue weighted by Crippen LogP contribution is 2.26. The Balaban J connectivity index is 2.48. The first-order chi connectivity index (χ1) is 11.1. The van der Waals surface area contributed by atoms with Crippen molar-refractivity contribution in [2.75, 3.05) is 6.54 Å². The van der Waals surface area contributed by atoms with E-state index >= 15 is 0 Å². The van der Waals surface area contributed by atoms with Crippen molar-refractivity contribution in [2.45, 2.75) is 51.9 Å². The molecule has 0 saturated carbocycles. The van der Waals surface area contributed by atoms with Crippen LogP contribution in [0.4, 0.5) is 13.2 Å². The van der Waals surface area contributed by atoms with Gasteiger partial charge in [0.15, 0.2) is 0 Å². The summed E-state index contributed by atoms with van der Waals surface area (Å²) in [4.78, 5) is 35.9. The highest BCUT2D eigenvalue weighted by molar-refractivity contribution is 5.76. The summed E-state index contributed by atoms with van der Waals surface area (Å²) >= 11 is 0. The van der Waals surface area contributed by atoms with Crippen LogP contribution in [0.2, 0.25) is 0 Å². The van der Waals surface area contributed by atoms with Crippen LogP contribution in [-0.2, 0) is 17.5 Å². The highest BCUT2D eigenvalue weighted by Gasteiger charge is 2.36. The molecule has 1 aromatic heterocycles. The van der Waals surface area contributed by atoms with Crippen molar-refractivity contribution in [3.05, 3.63) is 32.6 Å². The third kappa shape index (κ3) is 3.88. The largest absolute Gasteiger partial charge is 0.423 e. The lowest BCUT2D eigenvalue weighted by Crippen LogP contribution is -2.44. The Morgan fingerprint density at radius 1 is 1.25 bits per heavy atom. The molecule has 0 spiro atoms. The minimum Gasteiger partial charge on any atom is -0.356 e. The number of hydrogen-bond donors (Lipinski definition) is 1. The van der Waals surface area contributed by atoms with Gasteiger partial charge in [0.1, 0.15) is 5.56 Å². The zero-order valence-electron chi connectivity index (χ0n) is 13.5. The molecule has 1 unspecified atom stereocenters. The van der Waals surface area contributed by atoms with Gasteiger partial charge in [-0.3, -0.25) is 18.7 Å². The van der Waals surface area contributed by atoms with E-state index in [0.717, 1.165) is 4.57 Å². The third-order valence-electron chi connectivity index (χ3n) is 4.15. The molecule has 134 valence electrons. The third-order valence-corrected chi connectivity index (χ3v) is 4.15. The summed E-state index contributed by atoms with van der Waals surface area (Å²) in [6.07, 6.45) is -3.07. The molecule has 24 heavy (non-hydrogen) atoms. The van der Waals surface area contributed by atoms with E-state index in [9.17, 15) is 27.6 Å². The fraction of sp³-hybridized carbons (Fsp3) is 0.667. The number of aromatic nitrogens is 2. The maximum absolute atomic E-state index is 13.1. The maximum Gasteiger partial charge on any atom is 0.423 e. The maximum atomic E-state index is 13.1. The second-order valence-corrected chi connectivity index (χ2v) is 6.28. The van der Waals surface area contributed by atoms with E-state index in [1.165, 1.54) is 0 Å². The average molecular weight is 347 g/mol. The summed E-state index contributed by atoms with van der Waals surface area (Å²) in [6.45, 7) is 3.41. The first kappa shape index (κ1) is 18.3. The minimum absolute atomic E-state index is 0.122. The summed E-state index contributed by atoms with van der Waals surface area (Å²) in [5.74, 6) is -0.341. The molecule has 1 amide bonds. The zero-order chi connectivity index (χ0) is 18.1. The standard InChI is InChI=1S/C15H20F3N3O3/c1-9(2)20-8-11(15(16,17)18)13(23)21(14(20)24)7-10-3-4-12(22)19-6-5-10/h8-10H,3-7H2,1-2H3,(H,19,22). The number of nitrogens with zero attached hydrogens (tertiary/aromatic N) is 2. The van der Waals surface area contributed by atoms with E-state index in [4.69, 9.17) is 0 Å². The number of rotatable bonds is 3. The number of alkyl halides is 3. The Labute approximate surface area is 136 Å². The Bertz CT molecular complexity index is 734. The zero-order valence-corrected chi connectivity index (χ0v) is 13.5. The second kappa shape index (κ2) is 6.82. The van der Waals surface area contributed by atoms with E-state index in [2.05, 4.69) is 5.32 Å². The minimum atomic E-state index is -4.83. The Morgan fingerprint density at radius 2 is 1.92 bits per heavy atom. The van der Waals surface area contributed by atoms with Crippen LogP contribution >= 0.6 is 0 Å². The lowest BCUT2D eigenvalue weighted by molar-refractivity contribution is -0.139. The number of carbonyl (C=O) groups is 1. The smallest absolute Gasteiger partial charge is 0.356 e. The molecule has 0 aliphatic carbocycles. The van der Waals surface area contributed by atoms with Crippen LogP contribution in [0.15, 0.2) is 15.8 Å². The van der Waals surface area contributed by atoms with Gasteiger partial charge in [-0.05, 0) is 32.6 Å². The van der Waals surface area contributed by atoms with Gasteiger partial charge in [-0.25, -0.2) is 4.79 Å². The van der Waals surface area contributed by atoms with Crippen LogP contribution in [0.5, 0.6) is 0 Å². The molecule has 6 nitrogen and oxygen atoms in total. The highest BCUT2D eigenvalue weighted by atomic mass is 19.4. The first-order valence-electron chi connectivity index (χ1n) is 7.81. The van der Waals surface area contributed by atoms with E-state index in [-0.39, 0.29) is 24.8 Å². The SMILES string of the molecule is CC(C)n1cc(C(F)(F)F)c(=O)n(CC2CCNC(=O)CC2)c1=O. The monoisotopic (exact) mass is 347 g/mol. The molecule has 1 aliphatic heterocycles. The summed E-state index contributed by atoms with van der Waals surface area (Å²) < 4.78 is 40.9. The van der Waals surface area contributed by atoms with Gasteiger partial charge in [-0.15, -0.1) is 0 Å². The molecule has 0 radical (unpaired) electrons. The molecule has 0 bridgehead atoms. The van der Waals surface area contributed by atoms with Gasteiger partial charge < -0.3 is 5.32 Å². The van der Waals surface area contributed by atoms with Crippen molar-refractivity contribution in [3.63, 3.8) is 0 Å². The average Bonchev–Trinajstić information content (AvgIpc) is 2.66. The topological polar surface area (TPSA) is 73.1 Å². The van der Waals surface area contributed by atoms with Gasteiger partial charge in [-0.2, -0.15) is 13.2 Å². The van der Waals surface area contributed by atoms with Crippen LogP contribution in [0, 0.1) is 5.92 Å². The molecule has 9 heteroatoms. The summed E-state index contributed by atoms with van der Waals surface area (Å²) in [5, 5.41) is 2.67. The number of hydrogen-bond acceptors (Lipinski definition) is 3. The number of halogens is 3. The molecule has 2 rings (SSSR count). The molecular weight excluding hydrogens is 327 g/mol. The predicted octanol–water partition coefficient (Wildman–Crippen LogP) is 1.53. The molecule has 1 aromatic rings. The van der Waals surface area contributed by atoms with E-state index in [0.29, 0.717) is 30.2 Å². The molecule has 1 aliphatic rings. The fourth-order valence-electron chi connectivity index (χ4n) is 2.77. The van der Waals surface area contributed by atoms with Crippen LogP contribution in [0.25, 0.3) is 0 Å². The summed E-state index contributed by atoms with van der Waals surface area (Å²) in [6, 6.07) is -0.511. The molecule has 2 heterocycles. The molecule has 1 saturated heterocycles. The Hall–Kier alpha value is -2.06. The first-order valence-corrected chi connectivity index (χ1v) is 7.81. The van der Waals surface area contributed by atoms with Crippen molar-refractivity contribution in [1.82, 2.24) is 14.5 Å². The Morgan fingerprint density at radius 3 is 2.50 bits per heavy atom. The molecule has 1 N–H and O–H groups in total. The van der Waals surface area contributed by atoms with Gasteiger partial charge in [0.05, 0.1) is 0 Å². The number of nitrogens with one attached hydrogen (secondary N) is 1. The predicted molar refractivity (Wildman–Crippen MR) is 80.7 cm³/mol. The van der Waals surface area contributed by atoms with Gasteiger partial charge in [0, 0.05) is 31.7 Å². The molecule has 1 atom stereocenters. The number of carbonyl (C=O) groups excluding carboxylic acids is 1. The molecule has 0 aromatic carbocycles. The van der Waals surface area contributed by atoms with Crippen molar-refractivity contribution in [3.8, 4) is 0 Å². The van der Waals surface area contributed by atoms with Crippen molar-refractivity contribution in [2.24, 2.45) is 5.92 Å². The Kier molecular flexibility index (Phi) is 5.19. The number of amides is 1. The normalized spacial score (nSPS) is 19.2. The fourth-order valence-corrected chi connectivity index (χ4v) is 2.77. The van der Waals surface area contributed by atoms with Crippen LogP contribution in [0.1, 0.15) is 44.7 Å². The summed E-state index contributed by atoms with van der Waals surface area (Å²) in [7, 11) is 0. The quantitative estimate of drug-likeness (QED) is 0.901.